The Bertz CT molecular complexity index is 189. The highest BCUT2D eigenvalue weighted by molar-refractivity contribution is 5.75. The molecule has 0 aliphatic rings. The highest BCUT2D eigenvalue weighted by atomic mass is 16.3. The van der Waals surface area contributed by atoms with Crippen molar-refractivity contribution in [2.24, 2.45) is 0 Å². The summed E-state index contributed by atoms with van der Waals surface area (Å²) >= 11 is 0. The molecule has 0 aliphatic carbocycles. The van der Waals surface area contributed by atoms with Crippen molar-refractivity contribution in [2.75, 3.05) is 20.6 Å². The Labute approximate surface area is 86.3 Å². The fourth-order valence-electron chi connectivity index (χ4n) is 0.863. The van der Waals surface area contributed by atoms with Gasteiger partial charge in [-0.25, -0.2) is 0 Å². The Morgan fingerprint density at radius 1 is 1.50 bits per heavy atom. The van der Waals surface area contributed by atoms with Crippen LogP contribution in [0.25, 0.3) is 0 Å². The van der Waals surface area contributed by atoms with Crippen molar-refractivity contribution in [3.8, 4) is 0 Å². The lowest BCUT2D eigenvalue weighted by Crippen LogP contribution is -2.49. The standard InChI is InChI=1S/C10H22N2O2/c1-8(13)10(2,3)11-7-6-9(14)12(4)5/h8,11,13H,6-7H2,1-5H3. The van der Waals surface area contributed by atoms with Crippen LogP contribution in [0.15, 0.2) is 0 Å². The lowest BCUT2D eigenvalue weighted by molar-refractivity contribution is -0.128. The number of amides is 1. The highest BCUT2D eigenvalue weighted by Gasteiger charge is 2.22. The molecule has 0 rings (SSSR count). The third-order valence-corrected chi connectivity index (χ3v) is 2.46. The van der Waals surface area contributed by atoms with Crippen LogP contribution in [0, 0.1) is 0 Å². The topological polar surface area (TPSA) is 52.6 Å². The van der Waals surface area contributed by atoms with Crippen molar-refractivity contribution >= 4 is 5.91 Å². The minimum Gasteiger partial charge on any atom is -0.392 e. The number of hydrogen-bond acceptors (Lipinski definition) is 3. The fourth-order valence-corrected chi connectivity index (χ4v) is 0.863. The van der Waals surface area contributed by atoms with Gasteiger partial charge in [0.25, 0.3) is 0 Å². The number of nitrogens with one attached hydrogen (secondary N) is 1. The summed E-state index contributed by atoms with van der Waals surface area (Å²) in [6.07, 6.45) is 0.0281. The largest absolute Gasteiger partial charge is 0.392 e. The summed E-state index contributed by atoms with van der Waals surface area (Å²) in [6.45, 7) is 6.16. The molecule has 0 aliphatic heterocycles. The van der Waals surface area contributed by atoms with Gasteiger partial charge in [0.1, 0.15) is 0 Å². The van der Waals surface area contributed by atoms with Crippen molar-refractivity contribution in [3.05, 3.63) is 0 Å². The molecule has 0 fully saturated rings. The van der Waals surface area contributed by atoms with E-state index in [1.165, 1.54) is 0 Å². The monoisotopic (exact) mass is 202 g/mol. The van der Waals surface area contributed by atoms with Gasteiger partial charge in [0, 0.05) is 32.6 Å². The summed E-state index contributed by atoms with van der Waals surface area (Å²) < 4.78 is 0. The molecule has 0 aromatic rings. The molecule has 2 N–H and O–H groups in total. The molecular weight excluding hydrogens is 180 g/mol. The molecule has 0 radical (unpaired) electrons. The number of nitrogens with zero attached hydrogens (tertiary/aromatic N) is 1. The van der Waals surface area contributed by atoms with E-state index in [4.69, 9.17) is 0 Å². The first-order chi connectivity index (χ1) is 6.27. The maximum absolute atomic E-state index is 11.2. The molecule has 14 heavy (non-hydrogen) atoms. The molecule has 0 saturated heterocycles. The van der Waals surface area contributed by atoms with Crippen LogP contribution in [0.5, 0.6) is 0 Å². The van der Waals surface area contributed by atoms with Gasteiger partial charge in [0.05, 0.1) is 6.10 Å². The van der Waals surface area contributed by atoms with E-state index in [2.05, 4.69) is 5.32 Å². The van der Waals surface area contributed by atoms with E-state index in [1.54, 1.807) is 25.9 Å². The summed E-state index contributed by atoms with van der Waals surface area (Å²) in [7, 11) is 3.48. The Morgan fingerprint density at radius 2 is 2.00 bits per heavy atom. The number of rotatable bonds is 5. The average Bonchev–Trinajstić information content (AvgIpc) is 2.03. The predicted molar refractivity (Wildman–Crippen MR) is 57.1 cm³/mol. The number of carbonyl (C=O) groups is 1. The Balaban J connectivity index is 3.80. The van der Waals surface area contributed by atoms with Gasteiger partial charge in [-0.05, 0) is 20.8 Å². The summed E-state index contributed by atoms with van der Waals surface area (Å²) in [5.41, 5.74) is -0.341. The van der Waals surface area contributed by atoms with Crippen LogP contribution in [0.4, 0.5) is 0 Å². The molecule has 0 aromatic heterocycles. The molecule has 1 amide bonds. The molecule has 0 saturated carbocycles. The van der Waals surface area contributed by atoms with Crippen molar-refractivity contribution in [2.45, 2.75) is 38.8 Å². The van der Waals surface area contributed by atoms with Gasteiger partial charge in [0.2, 0.25) is 5.91 Å². The Kier molecular flexibility index (Phi) is 5.08. The van der Waals surface area contributed by atoms with E-state index in [1.807, 2.05) is 13.8 Å². The molecule has 1 unspecified atom stereocenters. The van der Waals surface area contributed by atoms with E-state index in [-0.39, 0.29) is 11.4 Å². The minimum atomic E-state index is -0.433. The fraction of sp³-hybridized carbons (Fsp3) is 0.900. The number of aliphatic hydroxyl groups excluding tert-OH is 1. The van der Waals surface area contributed by atoms with Crippen LogP contribution in [0.1, 0.15) is 27.2 Å². The molecule has 0 heterocycles. The second kappa shape index (κ2) is 5.32. The van der Waals surface area contributed by atoms with Crippen molar-refractivity contribution < 1.29 is 9.90 Å². The number of aliphatic hydroxyl groups is 1. The maximum Gasteiger partial charge on any atom is 0.223 e. The van der Waals surface area contributed by atoms with Gasteiger partial charge in [-0.3, -0.25) is 4.79 Å². The van der Waals surface area contributed by atoms with Crippen LogP contribution in [0.2, 0.25) is 0 Å². The molecule has 4 heteroatoms. The maximum atomic E-state index is 11.2. The van der Waals surface area contributed by atoms with E-state index >= 15 is 0 Å². The quantitative estimate of drug-likeness (QED) is 0.670. The van der Waals surface area contributed by atoms with Crippen molar-refractivity contribution in [1.82, 2.24) is 10.2 Å². The van der Waals surface area contributed by atoms with E-state index in [9.17, 15) is 9.90 Å². The van der Waals surface area contributed by atoms with Crippen molar-refractivity contribution in [3.63, 3.8) is 0 Å². The van der Waals surface area contributed by atoms with E-state index in [0.29, 0.717) is 13.0 Å². The molecular formula is C10H22N2O2. The third-order valence-electron chi connectivity index (χ3n) is 2.46. The highest BCUT2D eigenvalue weighted by Crippen LogP contribution is 2.07. The average molecular weight is 202 g/mol. The van der Waals surface area contributed by atoms with Gasteiger partial charge >= 0.3 is 0 Å². The second-order valence-electron chi connectivity index (χ2n) is 4.36. The van der Waals surface area contributed by atoms with Crippen LogP contribution in [-0.2, 0) is 4.79 Å². The van der Waals surface area contributed by atoms with Crippen LogP contribution in [0.3, 0.4) is 0 Å². The van der Waals surface area contributed by atoms with Gasteiger partial charge in [-0.1, -0.05) is 0 Å². The van der Waals surface area contributed by atoms with Crippen LogP contribution in [-0.4, -0.2) is 48.2 Å². The predicted octanol–water partition coefficient (Wildman–Crippen LogP) is 0.214. The lowest BCUT2D eigenvalue weighted by atomic mass is 9.99. The molecule has 0 spiro atoms. The first-order valence-corrected chi connectivity index (χ1v) is 4.90. The summed E-state index contributed by atoms with van der Waals surface area (Å²) in [5, 5.41) is 12.5. The smallest absolute Gasteiger partial charge is 0.223 e. The second-order valence-corrected chi connectivity index (χ2v) is 4.36. The van der Waals surface area contributed by atoms with Gasteiger partial charge in [-0.2, -0.15) is 0 Å². The SMILES string of the molecule is CC(O)C(C)(C)NCCC(=O)N(C)C. The van der Waals surface area contributed by atoms with Crippen LogP contribution >= 0.6 is 0 Å². The van der Waals surface area contributed by atoms with E-state index < -0.39 is 6.10 Å². The number of hydrogen-bond donors (Lipinski definition) is 2. The van der Waals surface area contributed by atoms with Crippen LogP contribution < -0.4 is 5.32 Å². The Morgan fingerprint density at radius 3 is 2.36 bits per heavy atom. The molecule has 1 atom stereocenters. The zero-order chi connectivity index (χ0) is 11.4. The Hall–Kier alpha value is -0.610. The molecule has 84 valence electrons. The van der Waals surface area contributed by atoms with Gasteiger partial charge in [-0.15, -0.1) is 0 Å². The van der Waals surface area contributed by atoms with Gasteiger partial charge in [0.15, 0.2) is 0 Å². The summed E-state index contributed by atoms with van der Waals surface area (Å²) in [6, 6.07) is 0. The van der Waals surface area contributed by atoms with Crippen molar-refractivity contribution in [1.29, 1.82) is 0 Å². The molecule has 4 nitrogen and oxygen atoms in total. The summed E-state index contributed by atoms with van der Waals surface area (Å²) in [4.78, 5) is 12.8. The van der Waals surface area contributed by atoms with E-state index in [0.717, 1.165) is 0 Å². The van der Waals surface area contributed by atoms with Gasteiger partial charge < -0.3 is 15.3 Å². The zero-order valence-corrected chi connectivity index (χ0v) is 9.79. The molecule has 0 bridgehead atoms. The molecule has 0 aromatic carbocycles. The third kappa shape index (κ3) is 4.58. The lowest BCUT2D eigenvalue weighted by Gasteiger charge is -2.29. The summed E-state index contributed by atoms with van der Waals surface area (Å²) in [5.74, 6) is 0.0962. The zero-order valence-electron chi connectivity index (χ0n) is 9.79. The normalized spacial score (nSPS) is 13.9. The number of carbonyl (C=O) groups excluding carboxylic acids is 1. The first-order valence-electron chi connectivity index (χ1n) is 4.90. The first kappa shape index (κ1) is 13.4. The minimum absolute atomic E-state index is 0.0962.